The summed E-state index contributed by atoms with van der Waals surface area (Å²) in [7, 11) is 0. The number of carbonyl (C=O) groups is 1. The van der Waals surface area contributed by atoms with E-state index < -0.39 is 0 Å². The molecule has 134 valence electrons. The van der Waals surface area contributed by atoms with Gasteiger partial charge in [-0.1, -0.05) is 30.3 Å². The van der Waals surface area contributed by atoms with Crippen molar-refractivity contribution in [2.45, 2.75) is 38.8 Å². The fourth-order valence-corrected chi connectivity index (χ4v) is 3.10. The Balaban J connectivity index is 0.00000225. The highest BCUT2D eigenvalue weighted by Crippen LogP contribution is 2.27. The van der Waals surface area contributed by atoms with Crippen LogP contribution in [0.25, 0.3) is 0 Å². The van der Waals surface area contributed by atoms with Crippen LogP contribution in [0.2, 0.25) is 0 Å². The molecule has 1 fully saturated rings. The van der Waals surface area contributed by atoms with Crippen molar-refractivity contribution in [3.05, 3.63) is 59.7 Å². The van der Waals surface area contributed by atoms with Gasteiger partial charge in [0.15, 0.2) is 0 Å². The third kappa shape index (κ3) is 5.21. The summed E-state index contributed by atoms with van der Waals surface area (Å²) in [6.45, 7) is 2.51. The van der Waals surface area contributed by atoms with E-state index in [-0.39, 0.29) is 30.3 Å². The van der Waals surface area contributed by atoms with Gasteiger partial charge in [0.05, 0.1) is 0 Å². The Morgan fingerprint density at radius 3 is 2.60 bits per heavy atom. The minimum absolute atomic E-state index is 0. The van der Waals surface area contributed by atoms with Gasteiger partial charge >= 0.3 is 0 Å². The van der Waals surface area contributed by atoms with Crippen LogP contribution in [0.5, 0.6) is 5.75 Å². The second-order valence-electron chi connectivity index (χ2n) is 6.51. The summed E-state index contributed by atoms with van der Waals surface area (Å²) in [6, 6.07) is 16.0. The monoisotopic (exact) mass is 360 g/mol. The fraction of sp³-hybridized carbons (Fsp3) is 0.350. The first-order valence-electron chi connectivity index (χ1n) is 8.45. The molecule has 2 atom stereocenters. The van der Waals surface area contributed by atoms with E-state index in [1.165, 1.54) is 0 Å². The number of nitrogens with two attached hydrogens (primary N) is 1. The van der Waals surface area contributed by atoms with Crippen LogP contribution in [0.15, 0.2) is 48.5 Å². The zero-order chi connectivity index (χ0) is 16.9. The zero-order valence-electron chi connectivity index (χ0n) is 14.4. The maximum Gasteiger partial charge on any atom is 0.227 e. The molecule has 0 spiro atoms. The molecule has 2 aromatic rings. The number of nitrogens with one attached hydrogen (secondary N) is 1. The van der Waals surface area contributed by atoms with Gasteiger partial charge in [-0.15, -0.1) is 12.4 Å². The van der Waals surface area contributed by atoms with E-state index in [0.29, 0.717) is 6.61 Å². The zero-order valence-corrected chi connectivity index (χ0v) is 15.2. The second-order valence-corrected chi connectivity index (χ2v) is 6.51. The maximum atomic E-state index is 12.3. The first-order chi connectivity index (χ1) is 11.6. The van der Waals surface area contributed by atoms with Crippen LogP contribution < -0.4 is 15.8 Å². The third-order valence-electron chi connectivity index (χ3n) is 4.55. The van der Waals surface area contributed by atoms with E-state index in [0.717, 1.165) is 41.8 Å². The van der Waals surface area contributed by atoms with Crippen molar-refractivity contribution in [2.24, 2.45) is 11.7 Å². The summed E-state index contributed by atoms with van der Waals surface area (Å²) in [5.41, 5.74) is 8.86. The van der Waals surface area contributed by atoms with Crippen LogP contribution in [-0.2, 0) is 11.4 Å². The molecule has 2 unspecified atom stereocenters. The normalized spacial score (nSPS) is 19.1. The van der Waals surface area contributed by atoms with Gasteiger partial charge in [0.25, 0.3) is 0 Å². The van der Waals surface area contributed by atoms with Gasteiger partial charge in [-0.25, -0.2) is 0 Å². The van der Waals surface area contributed by atoms with Crippen LogP contribution >= 0.6 is 12.4 Å². The van der Waals surface area contributed by atoms with Crippen LogP contribution in [-0.4, -0.2) is 11.9 Å². The Hall–Kier alpha value is -2.04. The Labute approximate surface area is 155 Å². The summed E-state index contributed by atoms with van der Waals surface area (Å²) in [5, 5.41) is 3.02. The number of amides is 1. The molecule has 2 aromatic carbocycles. The lowest BCUT2D eigenvalue weighted by Gasteiger charge is -2.14. The van der Waals surface area contributed by atoms with E-state index in [1.807, 2.05) is 55.5 Å². The van der Waals surface area contributed by atoms with Gasteiger partial charge in [0, 0.05) is 17.6 Å². The number of aryl methyl sites for hydroxylation is 1. The second kappa shape index (κ2) is 8.88. The molecule has 1 saturated carbocycles. The van der Waals surface area contributed by atoms with Crippen molar-refractivity contribution >= 4 is 24.0 Å². The molecule has 0 saturated heterocycles. The van der Waals surface area contributed by atoms with E-state index in [4.69, 9.17) is 10.5 Å². The van der Waals surface area contributed by atoms with Crippen molar-refractivity contribution in [1.29, 1.82) is 0 Å². The molecule has 0 radical (unpaired) electrons. The molecule has 5 heteroatoms. The van der Waals surface area contributed by atoms with Crippen molar-refractivity contribution in [1.82, 2.24) is 0 Å². The Kier molecular flexibility index (Phi) is 6.85. The first kappa shape index (κ1) is 19.3. The van der Waals surface area contributed by atoms with Gasteiger partial charge in [-0.05, 0) is 55.5 Å². The van der Waals surface area contributed by atoms with Gasteiger partial charge < -0.3 is 15.8 Å². The average Bonchev–Trinajstić information content (AvgIpc) is 3.03. The number of ether oxygens (including phenoxy) is 1. The lowest BCUT2D eigenvalue weighted by atomic mass is 10.1. The van der Waals surface area contributed by atoms with Crippen LogP contribution in [0, 0.1) is 12.8 Å². The molecular formula is C20H25ClN2O2. The van der Waals surface area contributed by atoms with E-state index in [2.05, 4.69) is 5.32 Å². The number of anilines is 1. The summed E-state index contributed by atoms with van der Waals surface area (Å²) < 4.78 is 5.82. The van der Waals surface area contributed by atoms with Crippen molar-refractivity contribution in [2.75, 3.05) is 5.32 Å². The topological polar surface area (TPSA) is 64.3 Å². The van der Waals surface area contributed by atoms with Gasteiger partial charge in [-0.2, -0.15) is 0 Å². The molecule has 3 rings (SSSR count). The van der Waals surface area contributed by atoms with Crippen molar-refractivity contribution in [3.8, 4) is 5.75 Å². The molecular weight excluding hydrogens is 336 g/mol. The predicted molar refractivity (Wildman–Crippen MR) is 103 cm³/mol. The lowest BCUT2D eigenvalue weighted by molar-refractivity contribution is -0.119. The van der Waals surface area contributed by atoms with E-state index in [9.17, 15) is 4.79 Å². The minimum atomic E-state index is 0. The SMILES string of the molecule is Cc1cc(OCc2ccccc2)ccc1NC(=O)C1CCC(N)C1.Cl. The third-order valence-corrected chi connectivity index (χ3v) is 4.55. The van der Waals surface area contributed by atoms with Crippen LogP contribution in [0.3, 0.4) is 0 Å². The number of benzene rings is 2. The molecule has 4 nitrogen and oxygen atoms in total. The number of carbonyl (C=O) groups excluding carboxylic acids is 1. The molecule has 1 amide bonds. The quantitative estimate of drug-likeness (QED) is 0.845. The summed E-state index contributed by atoms with van der Waals surface area (Å²) in [5.74, 6) is 0.912. The van der Waals surface area contributed by atoms with E-state index >= 15 is 0 Å². The number of halogens is 1. The largest absolute Gasteiger partial charge is 0.489 e. The molecule has 0 aromatic heterocycles. The summed E-state index contributed by atoms with van der Waals surface area (Å²) in [4.78, 5) is 12.3. The highest BCUT2D eigenvalue weighted by Gasteiger charge is 2.27. The standard InChI is InChI=1S/C20H24N2O2.ClH/c1-14-11-18(24-13-15-5-3-2-4-6-15)9-10-19(14)22-20(23)16-7-8-17(21)12-16;/h2-6,9-11,16-17H,7-8,12-13,21H2,1H3,(H,22,23);1H. The van der Waals surface area contributed by atoms with E-state index in [1.54, 1.807) is 0 Å². The fourth-order valence-electron chi connectivity index (χ4n) is 3.10. The Morgan fingerprint density at radius 2 is 1.96 bits per heavy atom. The van der Waals surface area contributed by atoms with Crippen molar-refractivity contribution < 1.29 is 9.53 Å². The first-order valence-corrected chi connectivity index (χ1v) is 8.45. The lowest BCUT2D eigenvalue weighted by Crippen LogP contribution is -2.23. The van der Waals surface area contributed by atoms with Crippen LogP contribution in [0.1, 0.15) is 30.4 Å². The summed E-state index contributed by atoms with van der Waals surface area (Å²) in [6.07, 6.45) is 2.59. The Morgan fingerprint density at radius 1 is 1.20 bits per heavy atom. The van der Waals surface area contributed by atoms with Gasteiger partial charge in [0.2, 0.25) is 5.91 Å². The minimum Gasteiger partial charge on any atom is -0.489 e. The number of hydrogen-bond donors (Lipinski definition) is 2. The van der Waals surface area contributed by atoms with Gasteiger partial charge in [-0.3, -0.25) is 4.79 Å². The number of rotatable bonds is 5. The van der Waals surface area contributed by atoms with Crippen molar-refractivity contribution in [3.63, 3.8) is 0 Å². The molecule has 3 N–H and O–H groups in total. The summed E-state index contributed by atoms with van der Waals surface area (Å²) >= 11 is 0. The molecule has 0 heterocycles. The highest BCUT2D eigenvalue weighted by atomic mass is 35.5. The molecule has 1 aliphatic carbocycles. The molecule has 0 bridgehead atoms. The van der Waals surface area contributed by atoms with Crippen LogP contribution in [0.4, 0.5) is 5.69 Å². The number of hydrogen-bond acceptors (Lipinski definition) is 3. The van der Waals surface area contributed by atoms with Gasteiger partial charge in [0.1, 0.15) is 12.4 Å². The average molecular weight is 361 g/mol. The smallest absolute Gasteiger partial charge is 0.227 e. The highest BCUT2D eigenvalue weighted by molar-refractivity contribution is 5.93. The Bertz CT molecular complexity index is 706. The molecule has 0 aliphatic heterocycles. The molecule has 1 aliphatic rings. The molecule has 25 heavy (non-hydrogen) atoms. The predicted octanol–water partition coefficient (Wildman–Crippen LogP) is 4.06. The maximum absolute atomic E-state index is 12.3.